The zero-order valence-corrected chi connectivity index (χ0v) is 9.86. The molecule has 0 aromatic heterocycles. The molecule has 0 spiro atoms. The Hall–Kier alpha value is -1.02. The normalized spacial score (nSPS) is 17.1. The van der Waals surface area contributed by atoms with Crippen molar-refractivity contribution in [2.24, 2.45) is 5.92 Å². The largest absolute Gasteiger partial charge is 0.497 e. The molecule has 2 nitrogen and oxygen atoms in total. The standard InChI is InChI=1S/C14H20O2/c1-16-14-8-5-12(6-9-14)10-13(15)7-4-11-2-3-11/h5-6,8-9,11,13,15H,2-4,7,10H2,1H3. The SMILES string of the molecule is COc1ccc(CC(O)CCC2CC2)cc1. The first kappa shape index (κ1) is 11.5. The van der Waals surface area contributed by atoms with Crippen molar-refractivity contribution in [3.05, 3.63) is 29.8 Å². The van der Waals surface area contributed by atoms with Crippen molar-refractivity contribution in [2.75, 3.05) is 7.11 Å². The molecule has 0 bridgehead atoms. The van der Waals surface area contributed by atoms with Gasteiger partial charge in [0.2, 0.25) is 0 Å². The Kier molecular flexibility index (Phi) is 3.83. The van der Waals surface area contributed by atoms with Crippen molar-refractivity contribution in [1.82, 2.24) is 0 Å². The van der Waals surface area contributed by atoms with E-state index in [2.05, 4.69) is 0 Å². The maximum Gasteiger partial charge on any atom is 0.118 e. The van der Waals surface area contributed by atoms with E-state index in [1.165, 1.54) is 24.8 Å². The van der Waals surface area contributed by atoms with E-state index in [4.69, 9.17) is 4.74 Å². The van der Waals surface area contributed by atoms with Gasteiger partial charge in [0.05, 0.1) is 13.2 Å². The minimum absolute atomic E-state index is 0.186. The lowest BCUT2D eigenvalue weighted by atomic mass is 10.0. The first-order valence-electron chi connectivity index (χ1n) is 6.09. The van der Waals surface area contributed by atoms with Gasteiger partial charge in [-0.05, 0) is 42.9 Å². The van der Waals surface area contributed by atoms with Crippen molar-refractivity contribution in [2.45, 2.75) is 38.2 Å². The third-order valence-electron chi connectivity index (χ3n) is 3.24. The van der Waals surface area contributed by atoms with Gasteiger partial charge in [-0.1, -0.05) is 25.0 Å². The smallest absolute Gasteiger partial charge is 0.118 e. The maximum absolute atomic E-state index is 9.87. The number of rotatable bonds is 6. The van der Waals surface area contributed by atoms with Crippen LogP contribution in [0.25, 0.3) is 0 Å². The van der Waals surface area contributed by atoms with E-state index in [9.17, 15) is 5.11 Å². The van der Waals surface area contributed by atoms with Crippen LogP contribution in [0.2, 0.25) is 0 Å². The fraction of sp³-hybridized carbons (Fsp3) is 0.571. The predicted molar refractivity (Wildman–Crippen MR) is 64.7 cm³/mol. The average Bonchev–Trinajstić information content (AvgIpc) is 3.11. The molecule has 16 heavy (non-hydrogen) atoms. The Morgan fingerprint density at radius 2 is 2.00 bits per heavy atom. The van der Waals surface area contributed by atoms with E-state index in [1.807, 2.05) is 24.3 Å². The van der Waals surface area contributed by atoms with Crippen LogP contribution in [0.3, 0.4) is 0 Å². The summed E-state index contributed by atoms with van der Waals surface area (Å²) in [5.41, 5.74) is 1.18. The molecule has 1 aromatic rings. The van der Waals surface area contributed by atoms with Crippen LogP contribution in [-0.4, -0.2) is 18.3 Å². The third-order valence-corrected chi connectivity index (χ3v) is 3.24. The van der Waals surface area contributed by atoms with Crippen LogP contribution in [-0.2, 0) is 6.42 Å². The molecule has 1 aromatic carbocycles. The number of benzene rings is 1. The summed E-state index contributed by atoms with van der Waals surface area (Å²) in [6, 6.07) is 7.95. The molecular formula is C14H20O2. The molecule has 0 saturated heterocycles. The van der Waals surface area contributed by atoms with Gasteiger partial charge in [0.1, 0.15) is 5.75 Å². The van der Waals surface area contributed by atoms with Gasteiger partial charge in [-0.3, -0.25) is 0 Å². The summed E-state index contributed by atoms with van der Waals surface area (Å²) in [4.78, 5) is 0. The lowest BCUT2D eigenvalue weighted by molar-refractivity contribution is 0.160. The first-order chi connectivity index (χ1) is 7.78. The fourth-order valence-electron chi connectivity index (χ4n) is 1.97. The minimum atomic E-state index is -0.186. The number of hydrogen-bond donors (Lipinski definition) is 1. The van der Waals surface area contributed by atoms with Crippen LogP contribution < -0.4 is 4.74 Å². The zero-order chi connectivity index (χ0) is 11.4. The monoisotopic (exact) mass is 220 g/mol. The third kappa shape index (κ3) is 3.53. The Balaban J connectivity index is 1.77. The lowest BCUT2D eigenvalue weighted by Gasteiger charge is -2.10. The van der Waals surface area contributed by atoms with Crippen LogP contribution in [0.5, 0.6) is 5.75 Å². The lowest BCUT2D eigenvalue weighted by Crippen LogP contribution is -2.10. The number of ether oxygens (including phenoxy) is 1. The molecule has 0 amide bonds. The summed E-state index contributed by atoms with van der Waals surface area (Å²) < 4.78 is 5.10. The molecule has 88 valence electrons. The van der Waals surface area contributed by atoms with Crippen molar-refractivity contribution in [1.29, 1.82) is 0 Å². The van der Waals surface area contributed by atoms with E-state index < -0.39 is 0 Å². The van der Waals surface area contributed by atoms with E-state index in [0.29, 0.717) is 0 Å². The summed E-state index contributed by atoms with van der Waals surface area (Å²) in [6.45, 7) is 0. The number of aliphatic hydroxyl groups excluding tert-OH is 1. The topological polar surface area (TPSA) is 29.5 Å². The molecule has 0 radical (unpaired) electrons. The molecule has 1 fully saturated rings. The highest BCUT2D eigenvalue weighted by molar-refractivity contribution is 5.27. The van der Waals surface area contributed by atoms with Gasteiger partial charge in [0.25, 0.3) is 0 Å². The Bertz CT molecular complexity index is 314. The number of methoxy groups -OCH3 is 1. The van der Waals surface area contributed by atoms with Crippen LogP contribution in [0, 0.1) is 5.92 Å². The Labute approximate surface area is 97.3 Å². The molecule has 2 rings (SSSR count). The van der Waals surface area contributed by atoms with Gasteiger partial charge in [-0.15, -0.1) is 0 Å². The zero-order valence-electron chi connectivity index (χ0n) is 9.86. The quantitative estimate of drug-likeness (QED) is 0.798. The molecular weight excluding hydrogens is 200 g/mol. The van der Waals surface area contributed by atoms with Crippen molar-refractivity contribution in [3.63, 3.8) is 0 Å². The van der Waals surface area contributed by atoms with Gasteiger partial charge >= 0.3 is 0 Å². The second-order valence-corrected chi connectivity index (χ2v) is 4.73. The Morgan fingerprint density at radius 1 is 1.31 bits per heavy atom. The van der Waals surface area contributed by atoms with Crippen LogP contribution in [0.15, 0.2) is 24.3 Å². The maximum atomic E-state index is 9.87. The van der Waals surface area contributed by atoms with Gasteiger partial charge in [0.15, 0.2) is 0 Å². The summed E-state index contributed by atoms with van der Waals surface area (Å²) >= 11 is 0. The highest BCUT2D eigenvalue weighted by Crippen LogP contribution is 2.34. The number of aliphatic hydroxyl groups is 1. The van der Waals surface area contributed by atoms with Gasteiger partial charge in [0, 0.05) is 0 Å². The van der Waals surface area contributed by atoms with E-state index in [1.54, 1.807) is 7.11 Å². The number of hydrogen-bond acceptors (Lipinski definition) is 2. The van der Waals surface area contributed by atoms with E-state index in [-0.39, 0.29) is 6.10 Å². The van der Waals surface area contributed by atoms with Crippen molar-refractivity contribution < 1.29 is 9.84 Å². The molecule has 2 heteroatoms. The molecule has 1 aliphatic carbocycles. The summed E-state index contributed by atoms with van der Waals surface area (Å²) in [7, 11) is 1.67. The van der Waals surface area contributed by atoms with Crippen LogP contribution in [0.1, 0.15) is 31.2 Å². The average molecular weight is 220 g/mol. The summed E-state index contributed by atoms with van der Waals surface area (Å²) in [5.74, 6) is 1.78. The summed E-state index contributed by atoms with van der Waals surface area (Å²) in [6.07, 6.45) is 5.45. The molecule has 1 atom stereocenters. The minimum Gasteiger partial charge on any atom is -0.497 e. The molecule has 1 unspecified atom stereocenters. The molecule has 1 N–H and O–H groups in total. The van der Waals surface area contributed by atoms with Crippen LogP contribution in [0.4, 0.5) is 0 Å². The van der Waals surface area contributed by atoms with E-state index >= 15 is 0 Å². The molecule has 1 saturated carbocycles. The molecule has 1 aliphatic rings. The van der Waals surface area contributed by atoms with Gasteiger partial charge in [-0.2, -0.15) is 0 Å². The first-order valence-corrected chi connectivity index (χ1v) is 6.09. The van der Waals surface area contributed by atoms with Gasteiger partial charge in [-0.25, -0.2) is 0 Å². The van der Waals surface area contributed by atoms with Crippen LogP contribution >= 0.6 is 0 Å². The molecule has 0 aliphatic heterocycles. The molecule has 0 heterocycles. The second kappa shape index (κ2) is 5.35. The van der Waals surface area contributed by atoms with Crippen molar-refractivity contribution in [3.8, 4) is 5.75 Å². The van der Waals surface area contributed by atoms with E-state index in [0.717, 1.165) is 24.5 Å². The predicted octanol–water partition coefficient (Wildman–Crippen LogP) is 2.79. The highest BCUT2D eigenvalue weighted by atomic mass is 16.5. The second-order valence-electron chi connectivity index (χ2n) is 4.73. The van der Waals surface area contributed by atoms with Gasteiger partial charge < -0.3 is 9.84 Å². The van der Waals surface area contributed by atoms with Crippen molar-refractivity contribution >= 4 is 0 Å². The highest BCUT2D eigenvalue weighted by Gasteiger charge is 2.21. The summed E-state index contributed by atoms with van der Waals surface area (Å²) in [5, 5.41) is 9.87. The Morgan fingerprint density at radius 3 is 2.56 bits per heavy atom. The fourth-order valence-corrected chi connectivity index (χ4v) is 1.97.